The van der Waals surface area contributed by atoms with Crippen LogP contribution in [-0.4, -0.2) is 17.6 Å². The van der Waals surface area contributed by atoms with Gasteiger partial charge >= 0.3 is 0 Å². The van der Waals surface area contributed by atoms with Crippen LogP contribution in [0.15, 0.2) is 66.7 Å². The van der Waals surface area contributed by atoms with Crippen molar-refractivity contribution in [2.75, 3.05) is 16.0 Å². The number of hydrogen-bond donors (Lipinski definition) is 1. The predicted molar refractivity (Wildman–Crippen MR) is 124 cm³/mol. The molecule has 0 aliphatic carbocycles. The van der Waals surface area contributed by atoms with Crippen molar-refractivity contribution in [3.63, 3.8) is 0 Å². The molecule has 0 saturated carbocycles. The van der Waals surface area contributed by atoms with E-state index >= 15 is 0 Å². The van der Waals surface area contributed by atoms with Gasteiger partial charge in [-0.1, -0.05) is 36.4 Å². The van der Waals surface area contributed by atoms with Crippen molar-refractivity contribution < 1.29 is 9.59 Å². The molecule has 5 heteroatoms. The predicted octanol–water partition coefficient (Wildman–Crippen LogP) is 5.64. The zero-order chi connectivity index (χ0) is 21.3. The molecule has 0 spiro atoms. The maximum Gasteiger partial charge on any atom is 0.255 e. The van der Waals surface area contributed by atoms with Crippen molar-refractivity contribution in [2.45, 2.75) is 26.1 Å². The average Bonchev–Trinajstić information content (AvgIpc) is 3.12. The van der Waals surface area contributed by atoms with E-state index in [1.807, 2.05) is 66.4 Å². The monoisotopic (exact) mass is 416 g/mol. The number of amides is 2. The van der Waals surface area contributed by atoms with E-state index in [1.165, 1.54) is 5.56 Å². The number of carbonyl (C=O) groups is 2. The number of carbonyl (C=O) groups excluding carboxylic acids is 2. The van der Waals surface area contributed by atoms with Gasteiger partial charge < -0.3 is 5.32 Å². The molecule has 1 heterocycles. The lowest BCUT2D eigenvalue weighted by Gasteiger charge is -2.25. The molecule has 4 rings (SSSR count). The Morgan fingerprint density at radius 3 is 2.50 bits per heavy atom. The highest BCUT2D eigenvalue weighted by Gasteiger charge is 2.34. The minimum absolute atomic E-state index is 0.0996. The van der Waals surface area contributed by atoms with Gasteiger partial charge in [0.15, 0.2) is 0 Å². The van der Waals surface area contributed by atoms with Gasteiger partial charge in [0.1, 0.15) is 5.37 Å². The second-order valence-corrected chi connectivity index (χ2v) is 8.66. The summed E-state index contributed by atoms with van der Waals surface area (Å²) in [7, 11) is 0. The Morgan fingerprint density at radius 1 is 0.933 bits per heavy atom. The fourth-order valence-corrected chi connectivity index (χ4v) is 4.79. The van der Waals surface area contributed by atoms with E-state index in [1.54, 1.807) is 11.8 Å². The number of hydrogen-bond acceptors (Lipinski definition) is 3. The third-order valence-electron chi connectivity index (χ3n) is 5.46. The van der Waals surface area contributed by atoms with Gasteiger partial charge in [-0.3, -0.25) is 14.5 Å². The molecular weight excluding hydrogens is 392 g/mol. The summed E-state index contributed by atoms with van der Waals surface area (Å²) in [4.78, 5) is 27.2. The lowest BCUT2D eigenvalue weighted by Crippen LogP contribution is -2.28. The van der Waals surface area contributed by atoms with Crippen molar-refractivity contribution in [1.82, 2.24) is 0 Å². The Bertz CT molecular complexity index is 1130. The first-order valence-electron chi connectivity index (χ1n) is 9.92. The standard InChI is InChI=1S/C25H24N2O2S/c1-16-11-12-21(13-18(16)3)27-23(28)15-30-25(27)19-8-6-9-20(14-19)26-24(29)22-10-5-4-7-17(22)2/h4-14,25H,15H2,1-3H3,(H,26,29)/t25-/m1/s1. The molecule has 4 nitrogen and oxygen atoms in total. The molecule has 0 bridgehead atoms. The van der Waals surface area contributed by atoms with Gasteiger partial charge in [-0.05, 0) is 73.4 Å². The molecule has 30 heavy (non-hydrogen) atoms. The largest absolute Gasteiger partial charge is 0.322 e. The number of anilines is 2. The van der Waals surface area contributed by atoms with E-state index in [2.05, 4.69) is 31.3 Å². The van der Waals surface area contributed by atoms with Gasteiger partial charge in [0.25, 0.3) is 5.91 Å². The molecule has 1 aliphatic heterocycles. The van der Waals surface area contributed by atoms with Gasteiger partial charge in [0, 0.05) is 16.9 Å². The van der Waals surface area contributed by atoms with Gasteiger partial charge in [0.2, 0.25) is 5.91 Å². The quantitative estimate of drug-likeness (QED) is 0.598. The lowest BCUT2D eigenvalue weighted by molar-refractivity contribution is -0.115. The van der Waals surface area contributed by atoms with E-state index in [9.17, 15) is 9.59 Å². The number of nitrogens with one attached hydrogen (secondary N) is 1. The highest BCUT2D eigenvalue weighted by atomic mass is 32.2. The van der Waals surface area contributed by atoms with Crippen molar-refractivity contribution in [3.05, 3.63) is 94.5 Å². The molecule has 3 aromatic rings. The first kappa shape index (κ1) is 20.2. The molecule has 1 saturated heterocycles. The first-order valence-corrected chi connectivity index (χ1v) is 11.0. The lowest BCUT2D eigenvalue weighted by atomic mass is 10.1. The molecule has 0 aromatic heterocycles. The zero-order valence-corrected chi connectivity index (χ0v) is 18.1. The van der Waals surface area contributed by atoms with Crippen molar-refractivity contribution in [1.29, 1.82) is 0 Å². The molecule has 0 radical (unpaired) electrons. The molecule has 3 aromatic carbocycles. The van der Waals surface area contributed by atoms with Crippen molar-refractivity contribution in [2.24, 2.45) is 0 Å². The van der Waals surface area contributed by atoms with Crippen LogP contribution in [0.5, 0.6) is 0 Å². The van der Waals surface area contributed by atoms with Crippen molar-refractivity contribution >= 4 is 35.0 Å². The summed E-state index contributed by atoms with van der Waals surface area (Å²) in [6.45, 7) is 6.05. The number of rotatable bonds is 4. The van der Waals surface area contributed by atoms with Crippen LogP contribution in [-0.2, 0) is 4.79 Å². The Kier molecular flexibility index (Phi) is 5.64. The van der Waals surface area contributed by atoms with E-state index < -0.39 is 0 Å². The van der Waals surface area contributed by atoms with E-state index in [0.717, 1.165) is 28.1 Å². The Balaban J connectivity index is 1.61. The summed E-state index contributed by atoms with van der Waals surface area (Å²) < 4.78 is 0. The van der Waals surface area contributed by atoms with Crippen LogP contribution in [0.3, 0.4) is 0 Å². The topological polar surface area (TPSA) is 49.4 Å². The van der Waals surface area contributed by atoms with Crippen molar-refractivity contribution in [3.8, 4) is 0 Å². The zero-order valence-electron chi connectivity index (χ0n) is 17.3. The summed E-state index contributed by atoms with van der Waals surface area (Å²) in [6.07, 6.45) is 0. The maximum absolute atomic E-state index is 12.7. The van der Waals surface area contributed by atoms with E-state index in [4.69, 9.17) is 0 Å². The van der Waals surface area contributed by atoms with Gasteiger partial charge in [-0.2, -0.15) is 0 Å². The second kappa shape index (κ2) is 8.36. The number of thioether (sulfide) groups is 1. The van der Waals surface area contributed by atoms with Crippen LogP contribution in [0, 0.1) is 20.8 Å². The molecule has 0 unspecified atom stereocenters. The van der Waals surface area contributed by atoms with Crippen LogP contribution in [0.2, 0.25) is 0 Å². The minimum atomic E-state index is -0.133. The Hall–Kier alpha value is -3.05. The van der Waals surface area contributed by atoms with Crippen LogP contribution in [0.25, 0.3) is 0 Å². The highest BCUT2D eigenvalue weighted by molar-refractivity contribution is 8.00. The number of aryl methyl sites for hydroxylation is 3. The maximum atomic E-state index is 12.7. The number of benzene rings is 3. The fraction of sp³-hybridized carbons (Fsp3) is 0.200. The molecule has 152 valence electrons. The minimum Gasteiger partial charge on any atom is -0.322 e. The molecular formula is C25H24N2O2S. The molecule has 1 N–H and O–H groups in total. The SMILES string of the molecule is Cc1ccc(N2C(=O)CS[C@@H]2c2cccc(NC(=O)c3ccccc3C)c2)cc1C. The normalized spacial score (nSPS) is 16.0. The van der Waals surface area contributed by atoms with Crippen LogP contribution in [0.4, 0.5) is 11.4 Å². The third-order valence-corrected chi connectivity index (χ3v) is 6.67. The van der Waals surface area contributed by atoms with Gasteiger partial charge in [-0.25, -0.2) is 0 Å². The van der Waals surface area contributed by atoms with Crippen LogP contribution in [0.1, 0.15) is 38.0 Å². The summed E-state index contributed by atoms with van der Waals surface area (Å²) >= 11 is 1.61. The van der Waals surface area contributed by atoms with Crippen LogP contribution < -0.4 is 10.2 Å². The van der Waals surface area contributed by atoms with Gasteiger partial charge in [-0.15, -0.1) is 11.8 Å². The second-order valence-electron chi connectivity index (χ2n) is 7.59. The summed E-state index contributed by atoms with van der Waals surface area (Å²) in [5, 5.41) is 2.88. The summed E-state index contributed by atoms with van der Waals surface area (Å²) in [5.41, 5.74) is 6.58. The Morgan fingerprint density at radius 2 is 1.73 bits per heavy atom. The first-order chi connectivity index (χ1) is 14.4. The molecule has 1 fully saturated rings. The van der Waals surface area contributed by atoms with E-state index in [0.29, 0.717) is 11.3 Å². The Labute approximate surface area is 181 Å². The number of nitrogens with zero attached hydrogens (tertiary/aromatic N) is 1. The third kappa shape index (κ3) is 3.98. The highest BCUT2D eigenvalue weighted by Crippen LogP contribution is 2.42. The smallest absolute Gasteiger partial charge is 0.255 e. The molecule has 1 atom stereocenters. The molecule has 1 aliphatic rings. The fourth-order valence-electron chi connectivity index (χ4n) is 3.62. The van der Waals surface area contributed by atoms with Gasteiger partial charge in [0.05, 0.1) is 5.75 Å². The molecule has 2 amide bonds. The summed E-state index contributed by atoms with van der Waals surface area (Å²) in [5.74, 6) is 0.409. The van der Waals surface area contributed by atoms with E-state index in [-0.39, 0.29) is 17.2 Å². The van der Waals surface area contributed by atoms with Crippen LogP contribution >= 0.6 is 11.8 Å². The summed E-state index contributed by atoms with van der Waals surface area (Å²) in [6, 6.07) is 21.4. The average molecular weight is 417 g/mol.